The van der Waals surface area contributed by atoms with Crippen molar-refractivity contribution in [3.8, 4) is 17.2 Å². The zero-order valence-electron chi connectivity index (χ0n) is 16.2. The lowest BCUT2D eigenvalue weighted by molar-refractivity contribution is 0.0694. The summed E-state index contributed by atoms with van der Waals surface area (Å²) in [5, 5.41) is 8.27. The number of halogens is 1. The van der Waals surface area contributed by atoms with Crippen LogP contribution in [0.3, 0.4) is 0 Å². The van der Waals surface area contributed by atoms with E-state index in [1.807, 2.05) is 30.0 Å². The standard InChI is InChI=1S/C22H22FN3O3/c1-2-28-19-8-4-3-7-18(19)22(27)26-13-5-6-16(14-26)21-25-24-20(29-21)15-9-11-17(23)12-10-15/h3-4,7-12,16H,2,5-6,13-14H2,1H3. The molecule has 1 aliphatic rings. The Morgan fingerprint density at radius 1 is 1.21 bits per heavy atom. The largest absolute Gasteiger partial charge is 0.493 e. The van der Waals surface area contributed by atoms with E-state index >= 15 is 0 Å². The molecule has 6 nitrogen and oxygen atoms in total. The maximum absolute atomic E-state index is 13.1. The lowest BCUT2D eigenvalue weighted by Crippen LogP contribution is -2.39. The molecule has 0 aliphatic carbocycles. The molecule has 3 aromatic rings. The Morgan fingerprint density at radius 2 is 2.00 bits per heavy atom. The Morgan fingerprint density at radius 3 is 2.79 bits per heavy atom. The maximum Gasteiger partial charge on any atom is 0.257 e. The lowest BCUT2D eigenvalue weighted by Gasteiger charge is -2.31. The molecule has 1 amide bonds. The number of nitrogens with zero attached hydrogens (tertiary/aromatic N) is 3. The highest BCUT2D eigenvalue weighted by Crippen LogP contribution is 2.30. The van der Waals surface area contributed by atoms with Gasteiger partial charge in [-0.1, -0.05) is 12.1 Å². The predicted molar refractivity (Wildman–Crippen MR) is 105 cm³/mol. The van der Waals surface area contributed by atoms with Crippen molar-refractivity contribution in [3.63, 3.8) is 0 Å². The van der Waals surface area contributed by atoms with Gasteiger partial charge in [0.2, 0.25) is 11.8 Å². The second-order valence-electron chi connectivity index (χ2n) is 6.97. The third-order valence-corrected chi connectivity index (χ3v) is 5.01. The highest BCUT2D eigenvalue weighted by Gasteiger charge is 2.30. The average molecular weight is 395 g/mol. The van der Waals surface area contributed by atoms with Crippen LogP contribution in [0.1, 0.15) is 41.9 Å². The number of carbonyl (C=O) groups is 1. The van der Waals surface area contributed by atoms with E-state index in [4.69, 9.17) is 9.15 Å². The molecule has 7 heteroatoms. The van der Waals surface area contributed by atoms with Gasteiger partial charge in [0, 0.05) is 18.7 Å². The Hall–Kier alpha value is -3.22. The van der Waals surface area contributed by atoms with Gasteiger partial charge in [-0.15, -0.1) is 10.2 Å². The number of hydrogen-bond donors (Lipinski definition) is 0. The van der Waals surface area contributed by atoms with Gasteiger partial charge in [-0.25, -0.2) is 4.39 Å². The van der Waals surface area contributed by atoms with E-state index in [0.29, 0.717) is 48.4 Å². The maximum atomic E-state index is 13.1. The summed E-state index contributed by atoms with van der Waals surface area (Å²) in [6.45, 7) is 3.58. The predicted octanol–water partition coefficient (Wildman–Crippen LogP) is 4.29. The summed E-state index contributed by atoms with van der Waals surface area (Å²) in [5.41, 5.74) is 1.23. The Balaban J connectivity index is 1.50. The third kappa shape index (κ3) is 4.13. The van der Waals surface area contributed by atoms with Crippen molar-refractivity contribution < 1.29 is 18.3 Å². The molecule has 0 spiro atoms. The molecule has 4 rings (SSSR count). The Kier molecular flexibility index (Phi) is 5.55. The Bertz CT molecular complexity index is 987. The lowest BCUT2D eigenvalue weighted by atomic mass is 9.97. The molecule has 2 heterocycles. The fraction of sp³-hybridized carbons (Fsp3) is 0.318. The van der Waals surface area contributed by atoms with Crippen LogP contribution in [0.15, 0.2) is 52.9 Å². The van der Waals surface area contributed by atoms with Crippen LogP contribution in [0.25, 0.3) is 11.5 Å². The number of aromatic nitrogens is 2. The third-order valence-electron chi connectivity index (χ3n) is 5.01. The summed E-state index contributed by atoms with van der Waals surface area (Å²) in [4.78, 5) is 14.9. The minimum Gasteiger partial charge on any atom is -0.493 e. The van der Waals surface area contributed by atoms with Crippen molar-refractivity contribution in [2.75, 3.05) is 19.7 Å². The summed E-state index contributed by atoms with van der Waals surface area (Å²) in [6.07, 6.45) is 1.71. The van der Waals surface area contributed by atoms with Crippen molar-refractivity contribution in [1.29, 1.82) is 0 Å². The van der Waals surface area contributed by atoms with Crippen LogP contribution in [0.2, 0.25) is 0 Å². The van der Waals surface area contributed by atoms with Crippen LogP contribution in [0.4, 0.5) is 4.39 Å². The molecule has 1 fully saturated rings. The number of ether oxygens (including phenoxy) is 1. The first-order valence-electron chi connectivity index (χ1n) is 9.76. The molecule has 0 N–H and O–H groups in total. The number of carbonyl (C=O) groups excluding carboxylic acids is 1. The topological polar surface area (TPSA) is 68.5 Å². The SMILES string of the molecule is CCOc1ccccc1C(=O)N1CCCC(c2nnc(-c3ccc(F)cc3)o2)C1. The smallest absolute Gasteiger partial charge is 0.257 e. The second-order valence-corrected chi connectivity index (χ2v) is 6.97. The quantitative estimate of drug-likeness (QED) is 0.644. The summed E-state index contributed by atoms with van der Waals surface area (Å²) < 4.78 is 24.6. The molecule has 29 heavy (non-hydrogen) atoms. The van der Waals surface area contributed by atoms with E-state index in [-0.39, 0.29) is 17.6 Å². The van der Waals surface area contributed by atoms with E-state index < -0.39 is 0 Å². The number of piperidine rings is 1. The van der Waals surface area contributed by atoms with E-state index in [9.17, 15) is 9.18 Å². The molecule has 150 valence electrons. The molecule has 0 saturated carbocycles. The first-order chi connectivity index (χ1) is 14.2. The zero-order chi connectivity index (χ0) is 20.2. The van der Waals surface area contributed by atoms with Gasteiger partial charge in [0.15, 0.2) is 0 Å². The average Bonchev–Trinajstić information content (AvgIpc) is 3.25. The van der Waals surface area contributed by atoms with Crippen molar-refractivity contribution in [1.82, 2.24) is 15.1 Å². The number of rotatable bonds is 5. The molecular formula is C22H22FN3O3. The molecule has 1 aromatic heterocycles. The normalized spacial score (nSPS) is 16.6. The van der Waals surface area contributed by atoms with Gasteiger partial charge in [-0.3, -0.25) is 4.79 Å². The van der Waals surface area contributed by atoms with Crippen molar-refractivity contribution >= 4 is 5.91 Å². The van der Waals surface area contributed by atoms with Gasteiger partial charge in [0.05, 0.1) is 18.1 Å². The molecule has 2 aromatic carbocycles. The molecule has 1 saturated heterocycles. The van der Waals surface area contributed by atoms with Gasteiger partial charge in [0.25, 0.3) is 5.91 Å². The summed E-state index contributed by atoms with van der Waals surface area (Å²) in [5.74, 6) is 1.04. The number of para-hydroxylation sites is 1. The molecule has 1 unspecified atom stereocenters. The first-order valence-corrected chi connectivity index (χ1v) is 9.76. The van der Waals surface area contributed by atoms with Gasteiger partial charge in [-0.05, 0) is 56.2 Å². The summed E-state index contributed by atoms with van der Waals surface area (Å²) >= 11 is 0. The van der Waals surface area contributed by atoms with E-state index in [1.54, 1.807) is 18.2 Å². The number of amides is 1. The minimum atomic E-state index is -0.317. The number of benzene rings is 2. The second kappa shape index (κ2) is 8.43. The monoisotopic (exact) mass is 395 g/mol. The van der Waals surface area contributed by atoms with E-state index in [2.05, 4.69) is 10.2 Å². The van der Waals surface area contributed by atoms with Gasteiger partial charge in [0.1, 0.15) is 11.6 Å². The molecule has 1 atom stereocenters. The van der Waals surface area contributed by atoms with E-state index in [0.717, 1.165) is 12.8 Å². The number of hydrogen-bond acceptors (Lipinski definition) is 5. The van der Waals surface area contributed by atoms with Crippen molar-refractivity contribution in [3.05, 3.63) is 65.8 Å². The zero-order valence-corrected chi connectivity index (χ0v) is 16.2. The van der Waals surface area contributed by atoms with Crippen molar-refractivity contribution in [2.45, 2.75) is 25.7 Å². The van der Waals surface area contributed by atoms with Crippen LogP contribution < -0.4 is 4.74 Å². The van der Waals surface area contributed by atoms with Crippen LogP contribution in [0.5, 0.6) is 5.75 Å². The molecule has 1 aliphatic heterocycles. The first kappa shape index (κ1) is 19.1. The number of likely N-dealkylation sites (tertiary alicyclic amines) is 1. The molecule has 0 bridgehead atoms. The summed E-state index contributed by atoms with van der Waals surface area (Å²) in [6, 6.07) is 13.2. The van der Waals surface area contributed by atoms with Gasteiger partial charge < -0.3 is 14.1 Å². The van der Waals surface area contributed by atoms with Crippen LogP contribution in [-0.4, -0.2) is 40.7 Å². The highest BCUT2D eigenvalue weighted by molar-refractivity contribution is 5.97. The highest BCUT2D eigenvalue weighted by atomic mass is 19.1. The van der Waals surface area contributed by atoms with Gasteiger partial charge in [-0.2, -0.15) is 0 Å². The fourth-order valence-electron chi connectivity index (χ4n) is 3.57. The molecule has 0 radical (unpaired) electrons. The fourth-order valence-corrected chi connectivity index (χ4v) is 3.57. The molecular weight excluding hydrogens is 373 g/mol. The van der Waals surface area contributed by atoms with E-state index in [1.165, 1.54) is 12.1 Å². The van der Waals surface area contributed by atoms with Gasteiger partial charge >= 0.3 is 0 Å². The van der Waals surface area contributed by atoms with Crippen LogP contribution in [0, 0.1) is 5.82 Å². The van der Waals surface area contributed by atoms with Crippen molar-refractivity contribution in [2.24, 2.45) is 0 Å². The summed E-state index contributed by atoms with van der Waals surface area (Å²) in [7, 11) is 0. The Labute approximate surface area is 168 Å². The minimum absolute atomic E-state index is 0.0337. The van der Waals surface area contributed by atoms with Crippen LogP contribution >= 0.6 is 0 Å². The van der Waals surface area contributed by atoms with Crippen LogP contribution in [-0.2, 0) is 0 Å².